The Bertz CT molecular complexity index is 920. The Hall–Kier alpha value is -2.95. The van der Waals surface area contributed by atoms with Crippen LogP contribution < -0.4 is 0 Å². The van der Waals surface area contributed by atoms with Gasteiger partial charge in [0.05, 0.1) is 0 Å². The fourth-order valence-corrected chi connectivity index (χ4v) is 3.62. The van der Waals surface area contributed by atoms with Crippen LogP contribution in [0.2, 0.25) is 0 Å². The second kappa shape index (κ2) is 7.74. The lowest BCUT2D eigenvalue weighted by atomic mass is 10.1. The lowest BCUT2D eigenvalue weighted by molar-refractivity contribution is 0.0652. The minimum atomic E-state index is -0.175. The SMILES string of the molecule is Cc1cccc(C(=O)N2CCCCCC2c2nnc(-c3ccccc3)o2)c1. The molecule has 5 nitrogen and oxygen atoms in total. The number of likely N-dealkylation sites (tertiary alicyclic amines) is 1. The first-order valence-electron chi connectivity index (χ1n) is 9.49. The summed E-state index contributed by atoms with van der Waals surface area (Å²) in [5.74, 6) is 1.06. The summed E-state index contributed by atoms with van der Waals surface area (Å²) in [5, 5.41) is 8.51. The zero-order valence-electron chi connectivity index (χ0n) is 15.5. The molecule has 1 unspecified atom stereocenters. The van der Waals surface area contributed by atoms with Gasteiger partial charge in [0.15, 0.2) is 0 Å². The molecule has 0 bridgehead atoms. The van der Waals surface area contributed by atoms with Crippen molar-refractivity contribution in [1.29, 1.82) is 0 Å². The molecule has 138 valence electrons. The molecule has 1 atom stereocenters. The van der Waals surface area contributed by atoms with Crippen LogP contribution in [0.3, 0.4) is 0 Å². The molecule has 2 aromatic carbocycles. The van der Waals surface area contributed by atoms with E-state index in [2.05, 4.69) is 10.2 Å². The van der Waals surface area contributed by atoms with E-state index in [1.165, 1.54) is 0 Å². The number of hydrogen-bond donors (Lipinski definition) is 0. The lowest BCUT2D eigenvalue weighted by Crippen LogP contribution is -2.35. The number of aromatic nitrogens is 2. The predicted octanol–water partition coefficient (Wildman–Crippen LogP) is 4.80. The van der Waals surface area contributed by atoms with Crippen LogP contribution in [-0.4, -0.2) is 27.5 Å². The number of rotatable bonds is 3. The van der Waals surface area contributed by atoms with Crippen LogP contribution in [-0.2, 0) is 0 Å². The zero-order chi connectivity index (χ0) is 18.6. The van der Waals surface area contributed by atoms with Crippen LogP contribution in [0, 0.1) is 6.92 Å². The maximum absolute atomic E-state index is 13.2. The molecule has 3 aromatic rings. The molecule has 1 fully saturated rings. The van der Waals surface area contributed by atoms with E-state index in [9.17, 15) is 4.79 Å². The van der Waals surface area contributed by atoms with Crippen LogP contribution in [0.5, 0.6) is 0 Å². The first-order chi connectivity index (χ1) is 13.2. The summed E-state index contributed by atoms with van der Waals surface area (Å²) in [6.45, 7) is 2.71. The second-order valence-corrected chi connectivity index (χ2v) is 7.04. The maximum Gasteiger partial charge on any atom is 0.254 e. The minimum absolute atomic E-state index is 0.0325. The number of benzene rings is 2. The highest BCUT2D eigenvalue weighted by Crippen LogP contribution is 2.32. The van der Waals surface area contributed by atoms with Crippen molar-refractivity contribution >= 4 is 5.91 Å². The Morgan fingerprint density at radius 3 is 2.70 bits per heavy atom. The molecule has 2 heterocycles. The summed E-state index contributed by atoms with van der Waals surface area (Å²) >= 11 is 0. The van der Waals surface area contributed by atoms with E-state index in [1.807, 2.05) is 66.4 Å². The zero-order valence-corrected chi connectivity index (χ0v) is 15.5. The molecule has 0 aliphatic carbocycles. The van der Waals surface area contributed by atoms with Crippen molar-refractivity contribution in [2.24, 2.45) is 0 Å². The Balaban J connectivity index is 1.64. The summed E-state index contributed by atoms with van der Waals surface area (Å²) in [7, 11) is 0. The van der Waals surface area contributed by atoms with Crippen LogP contribution in [0.1, 0.15) is 53.5 Å². The highest BCUT2D eigenvalue weighted by Gasteiger charge is 2.31. The summed E-state index contributed by atoms with van der Waals surface area (Å²) in [6.07, 6.45) is 3.99. The standard InChI is InChI=1S/C22H23N3O2/c1-16-9-8-12-18(15-16)22(26)25-14-7-3-6-13-19(25)21-24-23-20(27-21)17-10-4-2-5-11-17/h2,4-5,8-12,15,19H,3,6-7,13-14H2,1H3. The second-order valence-electron chi connectivity index (χ2n) is 7.04. The third-order valence-electron chi connectivity index (χ3n) is 5.03. The molecule has 5 heteroatoms. The number of carbonyl (C=O) groups is 1. The van der Waals surface area contributed by atoms with Gasteiger partial charge in [0.25, 0.3) is 5.91 Å². The van der Waals surface area contributed by atoms with Crippen molar-refractivity contribution in [3.05, 3.63) is 71.6 Å². The van der Waals surface area contributed by atoms with Gasteiger partial charge >= 0.3 is 0 Å². The van der Waals surface area contributed by atoms with Gasteiger partial charge in [-0.15, -0.1) is 10.2 Å². The highest BCUT2D eigenvalue weighted by atomic mass is 16.4. The van der Waals surface area contributed by atoms with Gasteiger partial charge in [-0.3, -0.25) is 4.79 Å². The number of nitrogens with zero attached hydrogens (tertiary/aromatic N) is 3. The molecule has 27 heavy (non-hydrogen) atoms. The molecule has 1 aromatic heterocycles. The predicted molar refractivity (Wildman–Crippen MR) is 103 cm³/mol. The third kappa shape index (κ3) is 3.77. The molecule has 0 N–H and O–H groups in total. The molecule has 1 amide bonds. The summed E-state index contributed by atoms with van der Waals surface area (Å²) in [4.78, 5) is 15.1. The van der Waals surface area contributed by atoms with E-state index >= 15 is 0 Å². The van der Waals surface area contributed by atoms with Gasteiger partial charge in [-0.1, -0.05) is 48.7 Å². The Labute approximate surface area is 159 Å². The van der Waals surface area contributed by atoms with E-state index in [-0.39, 0.29) is 11.9 Å². The first-order valence-corrected chi connectivity index (χ1v) is 9.49. The fourth-order valence-electron chi connectivity index (χ4n) is 3.62. The average molecular weight is 361 g/mol. The van der Waals surface area contributed by atoms with Crippen molar-refractivity contribution in [2.75, 3.05) is 6.54 Å². The lowest BCUT2D eigenvalue weighted by Gasteiger charge is -2.27. The van der Waals surface area contributed by atoms with Gasteiger partial charge in [0.1, 0.15) is 6.04 Å². The van der Waals surface area contributed by atoms with Crippen molar-refractivity contribution in [3.63, 3.8) is 0 Å². The summed E-state index contributed by atoms with van der Waals surface area (Å²) in [6, 6.07) is 17.3. The van der Waals surface area contributed by atoms with Gasteiger partial charge in [-0.05, 0) is 44.0 Å². The molecule has 1 saturated heterocycles. The molecule has 1 aliphatic rings. The summed E-state index contributed by atoms with van der Waals surface area (Å²) < 4.78 is 5.99. The fraction of sp³-hybridized carbons (Fsp3) is 0.318. The van der Waals surface area contributed by atoms with Crippen LogP contribution in [0.25, 0.3) is 11.5 Å². The largest absolute Gasteiger partial charge is 0.418 e. The van der Waals surface area contributed by atoms with E-state index in [0.717, 1.165) is 36.8 Å². The number of amides is 1. The van der Waals surface area contributed by atoms with Crippen LogP contribution in [0.4, 0.5) is 0 Å². The van der Waals surface area contributed by atoms with Crippen molar-refractivity contribution in [3.8, 4) is 11.5 Å². The molecule has 0 spiro atoms. The van der Waals surface area contributed by atoms with E-state index in [4.69, 9.17) is 4.42 Å². The Morgan fingerprint density at radius 1 is 1.04 bits per heavy atom. The van der Waals surface area contributed by atoms with E-state index in [0.29, 0.717) is 23.9 Å². The monoisotopic (exact) mass is 361 g/mol. The van der Waals surface area contributed by atoms with Gasteiger partial charge in [0, 0.05) is 17.7 Å². The van der Waals surface area contributed by atoms with Gasteiger partial charge < -0.3 is 9.32 Å². The van der Waals surface area contributed by atoms with Crippen molar-refractivity contribution in [1.82, 2.24) is 15.1 Å². The topological polar surface area (TPSA) is 59.2 Å². The van der Waals surface area contributed by atoms with E-state index in [1.54, 1.807) is 0 Å². The maximum atomic E-state index is 13.2. The molecule has 4 rings (SSSR count). The number of hydrogen-bond acceptors (Lipinski definition) is 4. The highest BCUT2D eigenvalue weighted by molar-refractivity contribution is 5.94. The number of carbonyl (C=O) groups excluding carboxylic acids is 1. The summed E-state index contributed by atoms with van der Waals surface area (Å²) in [5.41, 5.74) is 2.68. The third-order valence-corrected chi connectivity index (χ3v) is 5.03. The van der Waals surface area contributed by atoms with Gasteiger partial charge in [-0.2, -0.15) is 0 Å². The normalized spacial score (nSPS) is 17.5. The van der Waals surface area contributed by atoms with Crippen LogP contribution >= 0.6 is 0 Å². The van der Waals surface area contributed by atoms with Crippen molar-refractivity contribution < 1.29 is 9.21 Å². The quantitative estimate of drug-likeness (QED) is 0.672. The minimum Gasteiger partial charge on any atom is -0.418 e. The smallest absolute Gasteiger partial charge is 0.254 e. The Morgan fingerprint density at radius 2 is 1.89 bits per heavy atom. The Kier molecular flexibility index (Phi) is 5.01. The molecule has 0 saturated carbocycles. The van der Waals surface area contributed by atoms with Crippen molar-refractivity contribution in [2.45, 2.75) is 38.6 Å². The van der Waals surface area contributed by atoms with Gasteiger partial charge in [-0.25, -0.2) is 0 Å². The number of aryl methyl sites for hydroxylation is 1. The first kappa shape index (κ1) is 17.5. The van der Waals surface area contributed by atoms with E-state index < -0.39 is 0 Å². The molecular formula is C22H23N3O2. The molecule has 1 aliphatic heterocycles. The molecular weight excluding hydrogens is 338 g/mol. The van der Waals surface area contributed by atoms with Gasteiger partial charge in [0.2, 0.25) is 11.8 Å². The molecule has 0 radical (unpaired) electrons. The average Bonchev–Trinajstić information content (AvgIpc) is 3.06. The van der Waals surface area contributed by atoms with Crippen LogP contribution in [0.15, 0.2) is 59.0 Å².